The second-order valence-electron chi connectivity index (χ2n) is 7.35. The van der Waals surface area contributed by atoms with E-state index in [1.165, 1.54) is 0 Å². The predicted octanol–water partition coefficient (Wildman–Crippen LogP) is 4.87. The molecule has 0 aliphatic carbocycles. The third-order valence-electron chi connectivity index (χ3n) is 4.84. The third kappa shape index (κ3) is 3.10. The average Bonchev–Trinajstić information content (AvgIpc) is 3.16. The standard InChI is InChI=1S/C21H22ClN3O/c1-14(2)12-25-19-9-4-3-8-18(19)23-21(25)15-10-20(26)24(13-15)17-7-5-6-16(22)11-17/h3-9,11,14-15H,10,12-13H2,1-2H3/t15-/m1/s1. The molecular formula is C21H22ClN3O. The zero-order valence-corrected chi connectivity index (χ0v) is 15.8. The quantitative estimate of drug-likeness (QED) is 0.660. The van der Waals surface area contributed by atoms with Gasteiger partial charge >= 0.3 is 0 Å². The maximum Gasteiger partial charge on any atom is 0.227 e. The topological polar surface area (TPSA) is 38.1 Å². The van der Waals surface area contributed by atoms with Gasteiger partial charge in [-0.25, -0.2) is 4.98 Å². The van der Waals surface area contributed by atoms with E-state index < -0.39 is 0 Å². The smallest absolute Gasteiger partial charge is 0.227 e. The summed E-state index contributed by atoms with van der Waals surface area (Å²) in [6.07, 6.45) is 0.480. The molecule has 0 saturated carbocycles. The van der Waals surface area contributed by atoms with Crippen molar-refractivity contribution in [2.24, 2.45) is 5.92 Å². The fourth-order valence-corrected chi connectivity index (χ4v) is 3.92. The SMILES string of the molecule is CC(C)Cn1c([C@@H]2CC(=O)N(c3cccc(Cl)c3)C2)nc2ccccc21. The van der Waals surface area contributed by atoms with E-state index in [9.17, 15) is 4.79 Å². The Balaban J connectivity index is 1.71. The molecule has 0 N–H and O–H groups in total. The summed E-state index contributed by atoms with van der Waals surface area (Å²) < 4.78 is 2.29. The fourth-order valence-electron chi connectivity index (χ4n) is 3.74. The molecule has 1 atom stereocenters. The summed E-state index contributed by atoms with van der Waals surface area (Å²) in [6, 6.07) is 15.7. The molecule has 0 unspecified atom stereocenters. The van der Waals surface area contributed by atoms with Crippen molar-refractivity contribution in [2.45, 2.75) is 32.7 Å². The Morgan fingerprint density at radius 2 is 2.00 bits per heavy atom. The van der Waals surface area contributed by atoms with E-state index in [1.54, 1.807) is 0 Å². The first-order chi connectivity index (χ1) is 12.5. The first-order valence-electron chi connectivity index (χ1n) is 9.04. The molecule has 2 heterocycles. The van der Waals surface area contributed by atoms with Gasteiger partial charge in [-0.2, -0.15) is 0 Å². The maximum absolute atomic E-state index is 12.7. The Bertz CT molecular complexity index is 963. The zero-order chi connectivity index (χ0) is 18.3. The molecule has 0 spiro atoms. The van der Waals surface area contributed by atoms with E-state index in [2.05, 4.69) is 24.5 Å². The van der Waals surface area contributed by atoms with Crippen molar-refractivity contribution >= 4 is 34.2 Å². The summed E-state index contributed by atoms with van der Waals surface area (Å²) in [7, 11) is 0. The van der Waals surface area contributed by atoms with Gasteiger partial charge < -0.3 is 9.47 Å². The minimum Gasteiger partial charge on any atom is -0.327 e. The van der Waals surface area contributed by atoms with Gasteiger partial charge in [-0.05, 0) is 36.2 Å². The Hall–Kier alpha value is -2.33. The van der Waals surface area contributed by atoms with Gasteiger partial charge in [-0.15, -0.1) is 0 Å². The molecule has 4 nitrogen and oxygen atoms in total. The monoisotopic (exact) mass is 367 g/mol. The lowest BCUT2D eigenvalue weighted by atomic mass is 10.1. The first-order valence-corrected chi connectivity index (χ1v) is 9.42. The zero-order valence-electron chi connectivity index (χ0n) is 15.0. The number of benzene rings is 2. The van der Waals surface area contributed by atoms with Gasteiger partial charge in [-0.3, -0.25) is 4.79 Å². The normalized spacial score (nSPS) is 17.6. The second-order valence-corrected chi connectivity index (χ2v) is 7.78. The minimum atomic E-state index is 0.0904. The fraction of sp³-hybridized carbons (Fsp3) is 0.333. The highest BCUT2D eigenvalue weighted by Gasteiger charge is 2.34. The van der Waals surface area contributed by atoms with E-state index in [4.69, 9.17) is 16.6 Å². The van der Waals surface area contributed by atoms with Crippen LogP contribution in [-0.4, -0.2) is 22.0 Å². The van der Waals surface area contributed by atoms with Crippen molar-refractivity contribution in [3.8, 4) is 0 Å². The number of anilines is 1. The summed E-state index contributed by atoms with van der Waals surface area (Å²) in [6.45, 7) is 5.95. The molecule has 1 aromatic heterocycles. The lowest BCUT2D eigenvalue weighted by molar-refractivity contribution is -0.117. The minimum absolute atomic E-state index is 0.0904. The molecule has 1 fully saturated rings. The van der Waals surface area contributed by atoms with Crippen molar-refractivity contribution in [3.63, 3.8) is 0 Å². The van der Waals surface area contributed by atoms with Crippen molar-refractivity contribution in [1.82, 2.24) is 9.55 Å². The molecule has 3 aromatic rings. The van der Waals surface area contributed by atoms with Crippen LogP contribution in [0.25, 0.3) is 11.0 Å². The van der Waals surface area contributed by atoms with Crippen LogP contribution in [0.15, 0.2) is 48.5 Å². The highest BCUT2D eigenvalue weighted by molar-refractivity contribution is 6.30. The summed E-state index contributed by atoms with van der Waals surface area (Å²) in [4.78, 5) is 19.4. The molecule has 1 saturated heterocycles. The van der Waals surface area contributed by atoms with Crippen molar-refractivity contribution in [3.05, 3.63) is 59.4 Å². The Kier molecular flexibility index (Phi) is 4.45. The van der Waals surface area contributed by atoms with Crippen LogP contribution in [0.1, 0.15) is 32.0 Å². The van der Waals surface area contributed by atoms with Gasteiger partial charge in [0, 0.05) is 36.1 Å². The number of carbonyl (C=O) groups excluding carboxylic acids is 1. The van der Waals surface area contributed by atoms with E-state index in [1.807, 2.05) is 47.4 Å². The Labute approximate surface area is 158 Å². The number of carbonyl (C=O) groups is 1. The lowest BCUT2D eigenvalue weighted by Crippen LogP contribution is -2.24. The Morgan fingerprint density at radius 1 is 1.19 bits per heavy atom. The molecule has 1 aliphatic rings. The van der Waals surface area contributed by atoms with Crippen LogP contribution in [-0.2, 0) is 11.3 Å². The van der Waals surface area contributed by atoms with Crippen LogP contribution in [0.2, 0.25) is 5.02 Å². The van der Waals surface area contributed by atoms with Crippen LogP contribution >= 0.6 is 11.6 Å². The number of rotatable bonds is 4. The van der Waals surface area contributed by atoms with Crippen molar-refractivity contribution in [1.29, 1.82) is 0 Å². The molecular weight excluding hydrogens is 346 g/mol. The largest absolute Gasteiger partial charge is 0.327 e. The number of halogens is 1. The Morgan fingerprint density at radius 3 is 2.77 bits per heavy atom. The second kappa shape index (κ2) is 6.76. The van der Waals surface area contributed by atoms with Crippen LogP contribution < -0.4 is 4.90 Å². The molecule has 134 valence electrons. The van der Waals surface area contributed by atoms with E-state index in [0.717, 1.165) is 29.1 Å². The van der Waals surface area contributed by atoms with E-state index >= 15 is 0 Å². The van der Waals surface area contributed by atoms with Gasteiger partial charge in [0.15, 0.2) is 0 Å². The van der Waals surface area contributed by atoms with Crippen molar-refractivity contribution in [2.75, 3.05) is 11.4 Å². The number of hydrogen-bond acceptors (Lipinski definition) is 2. The maximum atomic E-state index is 12.7. The number of hydrogen-bond donors (Lipinski definition) is 0. The van der Waals surface area contributed by atoms with E-state index in [0.29, 0.717) is 23.9 Å². The van der Waals surface area contributed by atoms with E-state index in [-0.39, 0.29) is 11.8 Å². The predicted molar refractivity (Wildman–Crippen MR) is 106 cm³/mol. The number of nitrogens with zero attached hydrogens (tertiary/aromatic N) is 3. The lowest BCUT2D eigenvalue weighted by Gasteiger charge is -2.18. The van der Waals surface area contributed by atoms with Crippen molar-refractivity contribution < 1.29 is 4.79 Å². The molecule has 1 aliphatic heterocycles. The highest BCUT2D eigenvalue weighted by Crippen LogP contribution is 2.34. The third-order valence-corrected chi connectivity index (χ3v) is 5.08. The molecule has 4 rings (SSSR count). The number of amides is 1. The van der Waals surface area contributed by atoms with Gasteiger partial charge in [0.05, 0.1) is 11.0 Å². The molecule has 0 radical (unpaired) electrons. The highest BCUT2D eigenvalue weighted by atomic mass is 35.5. The number of para-hydroxylation sites is 2. The summed E-state index contributed by atoms with van der Waals surface area (Å²) in [5.41, 5.74) is 3.00. The van der Waals surface area contributed by atoms with Crippen LogP contribution in [0, 0.1) is 5.92 Å². The summed E-state index contributed by atoms with van der Waals surface area (Å²) >= 11 is 6.11. The number of imidazole rings is 1. The molecule has 5 heteroatoms. The van der Waals surface area contributed by atoms with Crippen LogP contribution in [0.5, 0.6) is 0 Å². The van der Waals surface area contributed by atoms with Gasteiger partial charge in [0.25, 0.3) is 0 Å². The van der Waals surface area contributed by atoms with Gasteiger partial charge in [-0.1, -0.05) is 43.6 Å². The summed E-state index contributed by atoms with van der Waals surface area (Å²) in [5, 5.41) is 0.644. The molecule has 26 heavy (non-hydrogen) atoms. The average molecular weight is 368 g/mol. The molecule has 0 bridgehead atoms. The summed E-state index contributed by atoms with van der Waals surface area (Å²) in [5.74, 6) is 1.73. The van der Waals surface area contributed by atoms with Crippen LogP contribution in [0.4, 0.5) is 5.69 Å². The molecule has 1 amide bonds. The van der Waals surface area contributed by atoms with Crippen LogP contribution in [0.3, 0.4) is 0 Å². The van der Waals surface area contributed by atoms with Gasteiger partial charge in [0.1, 0.15) is 5.82 Å². The van der Waals surface area contributed by atoms with Gasteiger partial charge in [0.2, 0.25) is 5.91 Å². The number of fused-ring (bicyclic) bond motifs is 1. The number of aromatic nitrogens is 2. The first kappa shape index (κ1) is 17.1. The molecule has 2 aromatic carbocycles.